The van der Waals surface area contributed by atoms with Gasteiger partial charge in [-0.25, -0.2) is 0 Å². The van der Waals surface area contributed by atoms with Gasteiger partial charge < -0.3 is 14.2 Å². The van der Waals surface area contributed by atoms with Crippen LogP contribution in [0.1, 0.15) is 17.0 Å². The van der Waals surface area contributed by atoms with Gasteiger partial charge in [0, 0.05) is 18.4 Å². The first-order valence-corrected chi connectivity index (χ1v) is 10.0. The minimum absolute atomic E-state index is 0.0218. The Kier molecular flexibility index (Phi) is 6.71. The second kappa shape index (κ2) is 9.41. The summed E-state index contributed by atoms with van der Waals surface area (Å²) in [6.45, 7) is 2.32. The highest BCUT2D eigenvalue weighted by Gasteiger charge is 2.15. The third kappa shape index (κ3) is 5.36. The zero-order chi connectivity index (χ0) is 19.9. The molecule has 1 heterocycles. The van der Waals surface area contributed by atoms with E-state index in [-0.39, 0.29) is 5.91 Å². The molecule has 28 heavy (non-hydrogen) atoms. The molecule has 0 saturated heterocycles. The molecule has 0 atom stereocenters. The summed E-state index contributed by atoms with van der Waals surface area (Å²) in [5.74, 6) is 2.96. The Balaban J connectivity index is 1.48. The fourth-order valence-electron chi connectivity index (χ4n) is 2.52. The van der Waals surface area contributed by atoms with Crippen LogP contribution in [0.15, 0.2) is 53.1 Å². The lowest BCUT2D eigenvalue weighted by Gasteiger charge is -2.14. The zero-order valence-corrected chi connectivity index (χ0v) is 17.0. The molecule has 1 aromatic heterocycles. The van der Waals surface area contributed by atoms with Crippen LogP contribution < -0.4 is 4.74 Å². The van der Waals surface area contributed by atoms with Crippen molar-refractivity contribution in [1.82, 2.24) is 15.0 Å². The van der Waals surface area contributed by atoms with E-state index in [4.69, 9.17) is 9.26 Å². The first-order valence-electron chi connectivity index (χ1n) is 8.89. The van der Waals surface area contributed by atoms with E-state index in [1.54, 1.807) is 30.8 Å². The Morgan fingerprint density at radius 3 is 2.54 bits per heavy atom. The number of nitrogens with zero attached hydrogens (tertiary/aromatic N) is 3. The van der Waals surface area contributed by atoms with Crippen molar-refractivity contribution in [3.05, 3.63) is 65.5 Å². The molecule has 7 heteroatoms. The number of ether oxygens (including phenoxy) is 1. The number of aromatic nitrogens is 2. The molecule has 0 N–H and O–H groups in total. The van der Waals surface area contributed by atoms with E-state index in [0.717, 1.165) is 22.6 Å². The molecule has 6 nitrogen and oxygen atoms in total. The number of amides is 1. The van der Waals surface area contributed by atoms with Gasteiger partial charge in [0.15, 0.2) is 0 Å². The molecule has 0 radical (unpaired) electrons. The van der Waals surface area contributed by atoms with Crippen LogP contribution in [0.2, 0.25) is 0 Å². The van der Waals surface area contributed by atoms with Gasteiger partial charge in [0.25, 0.3) is 0 Å². The van der Waals surface area contributed by atoms with Crippen LogP contribution in [-0.2, 0) is 17.1 Å². The lowest BCUT2D eigenvalue weighted by atomic mass is 10.1. The molecule has 3 rings (SSSR count). The zero-order valence-electron chi connectivity index (χ0n) is 16.2. The van der Waals surface area contributed by atoms with Crippen molar-refractivity contribution in [2.24, 2.45) is 0 Å². The number of aryl methyl sites for hydroxylation is 1. The number of benzene rings is 2. The van der Waals surface area contributed by atoms with Gasteiger partial charge in [-0.05, 0) is 24.6 Å². The minimum atomic E-state index is 0.0218. The van der Waals surface area contributed by atoms with E-state index in [2.05, 4.69) is 10.1 Å². The molecule has 0 unspecified atom stereocenters. The molecule has 0 aliphatic rings. The summed E-state index contributed by atoms with van der Waals surface area (Å²) in [6, 6.07) is 15.8. The maximum atomic E-state index is 12.3. The number of hydrogen-bond acceptors (Lipinski definition) is 6. The van der Waals surface area contributed by atoms with E-state index in [1.165, 1.54) is 5.56 Å². The molecule has 0 aliphatic heterocycles. The first kappa shape index (κ1) is 19.9. The van der Waals surface area contributed by atoms with Crippen molar-refractivity contribution in [3.8, 4) is 17.1 Å². The molecule has 1 amide bonds. The second-order valence-corrected chi connectivity index (χ2v) is 7.45. The van der Waals surface area contributed by atoms with Gasteiger partial charge in [-0.1, -0.05) is 47.1 Å². The normalized spacial score (nSPS) is 10.7. The third-order valence-electron chi connectivity index (χ3n) is 4.23. The van der Waals surface area contributed by atoms with Gasteiger partial charge in [0.05, 0.1) is 19.4 Å². The Labute approximate surface area is 168 Å². The van der Waals surface area contributed by atoms with E-state index in [0.29, 0.717) is 24.0 Å². The van der Waals surface area contributed by atoms with Gasteiger partial charge >= 0.3 is 0 Å². The predicted molar refractivity (Wildman–Crippen MR) is 110 cm³/mol. The molecule has 0 saturated carbocycles. The lowest BCUT2D eigenvalue weighted by molar-refractivity contribution is -0.127. The average molecular weight is 398 g/mol. The number of thioether (sulfide) groups is 1. The van der Waals surface area contributed by atoms with Gasteiger partial charge in [-0.3, -0.25) is 4.79 Å². The molecule has 0 bridgehead atoms. The number of carbonyl (C=O) groups is 1. The molecular weight excluding hydrogens is 374 g/mol. The van der Waals surface area contributed by atoms with Crippen LogP contribution in [0.4, 0.5) is 0 Å². The van der Waals surface area contributed by atoms with Crippen molar-refractivity contribution in [2.75, 3.05) is 19.9 Å². The van der Waals surface area contributed by atoms with Gasteiger partial charge in [0.1, 0.15) is 5.75 Å². The number of hydrogen-bond donors (Lipinski definition) is 0. The first-order chi connectivity index (χ1) is 13.5. The quantitative estimate of drug-likeness (QED) is 0.573. The smallest absolute Gasteiger partial charge is 0.246 e. The molecular formula is C21H23N3O3S. The van der Waals surface area contributed by atoms with Gasteiger partial charge in [-0.15, -0.1) is 11.8 Å². The van der Waals surface area contributed by atoms with E-state index in [9.17, 15) is 4.79 Å². The molecule has 3 aromatic rings. The number of methoxy groups -OCH3 is 1. The summed E-state index contributed by atoms with van der Waals surface area (Å²) in [5, 5.41) is 4.00. The standard InChI is InChI=1S/C21H23N3O3S/c1-15-4-8-17(9-5-15)21-22-19(27-23-21)12-24(2)20(25)14-28-13-16-6-10-18(26-3)11-7-16/h4-11H,12-14H2,1-3H3. The second-order valence-electron chi connectivity index (χ2n) is 6.47. The van der Waals surface area contributed by atoms with E-state index < -0.39 is 0 Å². The molecule has 0 spiro atoms. The maximum Gasteiger partial charge on any atom is 0.246 e. The summed E-state index contributed by atoms with van der Waals surface area (Å²) < 4.78 is 10.4. The number of carbonyl (C=O) groups excluding carboxylic acids is 1. The Morgan fingerprint density at radius 1 is 1.14 bits per heavy atom. The van der Waals surface area contributed by atoms with Crippen molar-refractivity contribution in [3.63, 3.8) is 0 Å². The summed E-state index contributed by atoms with van der Waals surface area (Å²) in [6.07, 6.45) is 0. The highest BCUT2D eigenvalue weighted by atomic mass is 32.2. The largest absolute Gasteiger partial charge is 0.497 e. The minimum Gasteiger partial charge on any atom is -0.497 e. The van der Waals surface area contributed by atoms with E-state index in [1.807, 2.05) is 55.5 Å². The highest BCUT2D eigenvalue weighted by Crippen LogP contribution is 2.18. The average Bonchev–Trinajstić information content (AvgIpc) is 3.17. The van der Waals surface area contributed by atoms with Crippen LogP contribution in [0, 0.1) is 6.92 Å². The number of rotatable bonds is 8. The third-order valence-corrected chi connectivity index (χ3v) is 5.22. The van der Waals surface area contributed by atoms with Crippen LogP contribution >= 0.6 is 11.8 Å². The Morgan fingerprint density at radius 2 is 1.86 bits per heavy atom. The molecule has 0 aliphatic carbocycles. The van der Waals surface area contributed by atoms with E-state index >= 15 is 0 Å². The summed E-state index contributed by atoms with van der Waals surface area (Å²) >= 11 is 1.57. The van der Waals surface area contributed by atoms with Gasteiger partial charge in [0.2, 0.25) is 17.6 Å². The highest BCUT2D eigenvalue weighted by molar-refractivity contribution is 7.99. The fraction of sp³-hybridized carbons (Fsp3) is 0.286. The molecule has 2 aromatic carbocycles. The van der Waals surface area contributed by atoms with Crippen LogP contribution in [0.25, 0.3) is 11.4 Å². The molecule has 0 fully saturated rings. The monoisotopic (exact) mass is 397 g/mol. The SMILES string of the molecule is COc1ccc(CSCC(=O)N(C)Cc2nc(-c3ccc(C)cc3)no2)cc1. The molecule has 146 valence electrons. The Bertz CT molecular complexity index is 907. The predicted octanol–water partition coefficient (Wildman–Crippen LogP) is 3.95. The van der Waals surface area contributed by atoms with Gasteiger partial charge in [-0.2, -0.15) is 4.98 Å². The van der Waals surface area contributed by atoms with Crippen molar-refractivity contribution >= 4 is 17.7 Å². The lowest BCUT2D eigenvalue weighted by Crippen LogP contribution is -2.28. The topological polar surface area (TPSA) is 68.5 Å². The van der Waals surface area contributed by atoms with Crippen LogP contribution in [-0.4, -0.2) is 40.9 Å². The van der Waals surface area contributed by atoms with Crippen molar-refractivity contribution in [1.29, 1.82) is 0 Å². The fourth-order valence-corrected chi connectivity index (χ4v) is 3.44. The summed E-state index contributed by atoms with van der Waals surface area (Å²) in [7, 11) is 3.39. The van der Waals surface area contributed by atoms with Crippen LogP contribution in [0.5, 0.6) is 5.75 Å². The van der Waals surface area contributed by atoms with Crippen molar-refractivity contribution < 1.29 is 14.1 Å². The summed E-state index contributed by atoms with van der Waals surface area (Å²) in [4.78, 5) is 18.3. The van der Waals surface area contributed by atoms with Crippen LogP contribution in [0.3, 0.4) is 0 Å². The maximum absolute atomic E-state index is 12.3. The summed E-state index contributed by atoms with van der Waals surface area (Å²) in [5.41, 5.74) is 3.22. The van der Waals surface area contributed by atoms with Crippen molar-refractivity contribution in [2.45, 2.75) is 19.2 Å². The Hall–Kier alpha value is -2.80.